The molecule has 1 rings (SSSR count). The molecular formula is C17H23F2NO3S. The van der Waals surface area contributed by atoms with Gasteiger partial charge in [-0.3, -0.25) is 9.59 Å². The summed E-state index contributed by atoms with van der Waals surface area (Å²) in [5, 5.41) is 1.76. The second-order valence-electron chi connectivity index (χ2n) is 5.61. The molecule has 134 valence electrons. The molecule has 0 saturated carbocycles. The monoisotopic (exact) mass is 359 g/mol. The number of esters is 1. The lowest BCUT2D eigenvalue weighted by Gasteiger charge is -2.19. The number of carbonyl (C=O) groups excluding carboxylic acids is 2. The summed E-state index contributed by atoms with van der Waals surface area (Å²) in [6, 6.07) is 1.92. The second kappa shape index (κ2) is 9.61. The maximum absolute atomic E-state index is 14.1. The van der Waals surface area contributed by atoms with E-state index >= 15 is 0 Å². The highest BCUT2D eigenvalue weighted by Crippen LogP contribution is 2.34. The standard InChI is InChI=1S/C17H23F2NO3S/c1-5-7-23-17(22)16(10(3)4)24-14-9-13(20-15(21)6-2)11(18)8-12(14)19/h8-10,16H,5-7H2,1-4H3,(H,20,21). The van der Waals surface area contributed by atoms with E-state index in [-0.39, 0.29) is 28.8 Å². The Bertz CT molecular complexity index is 593. The third-order valence-electron chi connectivity index (χ3n) is 3.16. The molecule has 0 heterocycles. The molecule has 0 aliphatic carbocycles. The summed E-state index contributed by atoms with van der Waals surface area (Å²) >= 11 is 0.972. The van der Waals surface area contributed by atoms with Gasteiger partial charge in [-0.1, -0.05) is 27.7 Å². The van der Waals surface area contributed by atoms with Gasteiger partial charge in [-0.2, -0.15) is 0 Å². The van der Waals surface area contributed by atoms with Crippen molar-refractivity contribution in [1.82, 2.24) is 0 Å². The maximum Gasteiger partial charge on any atom is 0.319 e. The molecule has 24 heavy (non-hydrogen) atoms. The molecule has 0 spiro atoms. The van der Waals surface area contributed by atoms with Crippen LogP contribution in [0.5, 0.6) is 0 Å². The van der Waals surface area contributed by atoms with Gasteiger partial charge < -0.3 is 10.1 Å². The van der Waals surface area contributed by atoms with E-state index in [1.807, 2.05) is 20.8 Å². The summed E-state index contributed by atoms with van der Waals surface area (Å²) in [5.74, 6) is -2.54. The van der Waals surface area contributed by atoms with Gasteiger partial charge >= 0.3 is 5.97 Å². The van der Waals surface area contributed by atoms with Crippen LogP contribution in [0.15, 0.2) is 17.0 Å². The second-order valence-corrected chi connectivity index (χ2v) is 6.80. The fraction of sp³-hybridized carbons (Fsp3) is 0.529. The van der Waals surface area contributed by atoms with Crippen LogP contribution in [0.1, 0.15) is 40.5 Å². The van der Waals surface area contributed by atoms with Crippen molar-refractivity contribution in [3.05, 3.63) is 23.8 Å². The Morgan fingerprint density at radius 2 is 1.88 bits per heavy atom. The number of amides is 1. The van der Waals surface area contributed by atoms with Crippen molar-refractivity contribution in [2.75, 3.05) is 11.9 Å². The summed E-state index contributed by atoms with van der Waals surface area (Å²) < 4.78 is 33.0. The number of halogens is 2. The molecule has 7 heteroatoms. The van der Waals surface area contributed by atoms with Crippen LogP contribution in [0.25, 0.3) is 0 Å². The lowest BCUT2D eigenvalue weighted by molar-refractivity contribution is -0.143. The van der Waals surface area contributed by atoms with Crippen LogP contribution in [0.2, 0.25) is 0 Å². The highest BCUT2D eigenvalue weighted by Gasteiger charge is 2.27. The molecule has 1 unspecified atom stereocenters. The Labute approximate surface area is 145 Å². The van der Waals surface area contributed by atoms with E-state index in [9.17, 15) is 18.4 Å². The Morgan fingerprint density at radius 1 is 1.21 bits per heavy atom. The van der Waals surface area contributed by atoms with E-state index in [1.165, 1.54) is 6.07 Å². The highest BCUT2D eigenvalue weighted by molar-refractivity contribution is 8.00. The van der Waals surface area contributed by atoms with Crippen LogP contribution in [0.4, 0.5) is 14.5 Å². The zero-order chi connectivity index (χ0) is 18.3. The largest absolute Gasteiger partial charge is 0.465 e. The normalized spacial score (nSPS) is 12.1. The highest BCUT2D eigenvalue weighted by atomic mass is 32.2. The van der Waals surface area contributed by atoms with Crippen LogP contribution in [0.3, 0.4) is 0 Å². The molecule has 0 radical (unpaired) electrons. The lowest BCUT2D eigenvalue weighted by Crippen LogP contribution is -2.26. The third kappa shape index (κ3) is 5.78. The van der Waals surface area contributed by atoms with Gasteiger partial charge in [0, 0.05) is 17.4 Å². The zero-order valence-electron chi connectivity index (χ0n) is 14.3. The molecule has 0 fully saturated rings. The quantitative estimate of drug-likeness (QED) is 0.553. The van der Waals surface area contributed by atoms with E-state index in [0.29, 0.717) is 19.1 Å². The average Bonchev–Trinajstić information content (AvgIpc) is 2.53. The van der Waals surface area contributed by atoms with Crippen LogP contribution in [0, 0.1) is 17.6 Å². The van der Waals surface area contributed by atoms with Crippen molar-refractivity contribution in [2.24, 2.45) is 5.92 Å². The topological polar surface area (TPSA) is 55.4 Å². The van der Waals surface area contributed by atoms with Gasteiger partial charge in [-0.05, 0) is 18.4 Å². The number of hydrogen-bond donors (Lipinski definition) is 1. The summed E-state index contributed by atoms with van der Waals surface area (Å²) in [4.78, 5) is 23.7. The van der Waals surface area contributed by atoms with Crippen LogP contribution >= 0.6 is 11.8 Å². The van der Waals surface area contributed by atoms with E-state index < -0.39 is 22.9 Å². The Morgan fingerprint density at radius 3 is 2.42 bits per heavy atom. The first-order valence-corrected chi connectivity index (χ1v) is 8.80. The van der Waals surface area contributed by atoms with Crippen LogP contribution < -0.4 is 5.32 Å². The number of anilines is 1. The van der Waals surface area contributed by atoms with E-state index in [1.54, 1.807) is 6.92 Å². The van der Waals surface area contributed by atoms with Crippen molar-refractivity contribution >= 4 is 29.3 Å². The van der Waals surface area contributed by atoms with Gasteiger partial charge in [0.1, 0.15) is 16.9 Å². The predicted octanol–water partition coefficient (Wildman–Crippen LogP) is 4.38. The number of thioether (sulfide) groups is 1. The molecule has 1 atom stereocenters. The Kier molecular flexibility index (Phi) is 8.18. The first kappa shape index (κ1) is 20.4. The molecular weight excluding hydrogens is 336 g/mol. The van der Waals surface area contributed by atoms with E-state index in [0.717, 1.165) is 11.8 Å². The van der Waals surface area contributed by atoms with Gasteiger partial charge in [0.05, 0.1) is 12.3 Å². The molecule has 1 N–H and O–H groups in total. The van der Waals surface area contributed by atoms with Gasteiger partial charge in [-0.25, -0.2) is 8.78 Å². The summed E-state index contributed by atoms with van der Waals surface area (Å²) in [6.45, 7) is 7.46. The van der Waals surface area contributed by atoms with E-state index in [2.05, 4.69) is 5.32 Å². The molecule has 0 bridgehead atoms. The SMILES string of the molecule is CCCOC(=O)C(Sc1cc(NC(=O)CC)c(F)cc1F)C(C)C. The number of rotatable bonds is 8. The summed E-state index contributed by atoms with van der Waals surface area (Å²) in [5.41, 5.74) is -0.102. The number of hydrogen-bond acceptors (Lipinski definition) is 4. The van der Waals surface area contributed by atoms with E-state index in [4.69, 9.17) is 4.74 Å². The van der Waals surface area contributed by atoms with Crippen LogP contribution in [-0.2, 0) is 14.3 Å². The minimum absolute atomic E-state index is 0.0925. The van der Waals surface area contributed by atoms with Crippen molar-refractivity contribution in [2.45, 2.75) is 50.7 Å². The number of nitrogens with one attached hydrogen (secondary N) is 1. The Hall–Kier alpha value is -1.63. The van der Waals surface area contributed by atoms with Gasteiger partial charge in [0.15, 0.2) is 0 Å². The molecule has 4 nitrogen and oxygen atoms in total. The average molecular weight is 359 g/mol. The minimum atomic E-state index is -0.853. The fourth-order valence-electron chi connectivity index (χ4n) is 1.83. The zero-order valence-corrected chi connectivity index (χ0v) is 15.1. The molecule has 0 aliphatic rings. The number of benzene rings is 1. The first-order chi connectivity index (χ1) is 11.3. The fourth-order valence-corrected chi connectivity index (χ4v) is 2.90. The van der Waals surface area contributed by atoms with Crippen molar-refractivity contribution < 1.29 is 23.1 Å². The van der Waals surface area contributed by atoms with Crippen molar-refractivity contribution in [1.29, 1.82) is 0 Å². The molecule has 1 amide bonds. The molecule has 0 aromatic heterocycles. The number of ether oxygens (including phenoxy) is 1. The van der Waals surface area contributed by atoms with Crippen molar-refractivity contribution in [3.8, 4) is 0 Å². The predicted molar refractivity (Wildman–Crippen MR) is 91.0 cm³/mol. The minimum Gasteiger partial charge on any atom is -0.465 e. The van der Waals surface area contributed by atoms with Gasteiger partial charge in [0.25, 0.3) is 0 Å². The molecule has 0 aliphatic heterocycles. The van der Waals surface area contributed by atoms with Gasteiger partial charge in [-0.15, -0.1) is 11.8 Å². The first-order valence-electron chi connectivity index (χ1n) is 7.92. The molecule has 1 aromatic rings. The molecule has 1 aromatic carbocycles. The summed E-state index contributed by atoms with van der Waals surface area (Å²) in [7, 11) is 0. The summed E-state index contributed by atoms with van der Waals surface area (Å²) in [6.07, 6.45) is 0.872. The van der Waals surface area contributed by atoms with Gasteiger partial charge in [0.2, 0.25) is 5.91 Å². The number of carbonyl (C=O) groups is 2. The molecule has 0 saturated heterocycles. The third-order valence-corrected chi connectivity index (χ3v) is 4.71. The van der Waals surface area contributed by atoms with Crippen molar-refractivity contribution in [3.63, 3.8) is 0 Å². The lowest BCUT2D eigenvalue weighted by atomic mass is 10.1. The smallest absolute Gasteiger partial charge is 0.319 e. The Balaban J connectivity index is 3.03. The van der Waals surface area contributed by atoms with Crippen LogP contribution in [-0.4, -0.2) is 23.7 Å². The maximum atomic E-state index is 14.1.